The van der Waals surface area contributed by atoms with Gasteiger partial charge in [-0.25, -0.2) is 4.79 Å². The highest BCUT2D eigenvalue weighted by Gasteiger charge is 2.52. The van der Waals surface area contributed by atoms with E-state index in [1.165, 1.54) is 6.07 Å². The second kappa shape index (κ2) is 11.3. The predicted octanol–water partition coefficient (Wildman–Crippen LogP) is 5.11. The van der Waals surface area contributed by atoms with E-state index in [0.717, 1.165) is 31.4 Å². The molecule has 2 aliphatic heterocycles. The molecule has 1 aliphatic carbocycles. The van der Waals surface area contributed by atoms with Crippen molar-refractivity contribution in [3.8, 4) is 0 Å². The molecule has 2 fully saturated rings. The van der Waals surface area contributed by atoms with Crippen LogP contribution in [0.5, 0.6) is 0 Å². The van der Waals surface area contributed by atoms with Crippen molar-refractivity contribution in [3.05, 3.63) is 63.6 Å². The normalized spacial score (nSPS) is 24.3. The largest absolute Gasteiger partial charge is 0.444 e. The van der Waals surface area contributed by atoms with Crippen LogP contribution in [0.25, 0.3) is 0 Å². The van der Waals surface area contributed by atoms with Gasteiger partial charge in [0.05, 0.1) is 29.1 Å². The molecule has 2 aromatic rings. The Bertz CT molecular complexity index is 1530. The van der Waals surface area contributed by atoms with Gasteiger partial charge in [0, 0.05) is 42.5 Å². The fraction of sp³-hybridized carbons (Fsp3) is 0.562. The fourth-order valence-corrected chi connectivity index (χ4v) is 7.13. The van der Waals surface area contributed by atoms with Gasteiger partial charge in [0.25, 0.3) is 5.91 Å². The molecule has 5 rings (SSSR count). The van der Waals surface area contributed by atoms with Crippen molar-refractivity contribution in [2.24, 2.45) is 33.7 Å². The van der Waals surface area contributed by atoms with E-state index in [1.54, 1.807) is 29.5 Å². The van der Waals surface area contributed by atoms with E-state index in [0.29, 0.717) is 60.0 Å². The van der Waals surface area contributed by atoms with Crippen LogP contribution in [0.2, 0.25) is 0 Å². The minimum Gasteiger partial charge on any atom is -0.444 e. The first-order valence-corrected chi connectivity index (χ1v) is 15.0. The third kappa shape index (κ3) is 6.21. The molecule has 9 nitrogen and oxygen atoms in total. The Kier molecular flexibility index (Phi) is 8.09. The molecule has 3 aliphatic rings. The Morgan fingerprint density at radius 2 is 1.86 bits per heavy atom. The third-order valence-electron chi connectivity index (χ3n) is 9.14. The smallest absolute Gasteiger partial charge is 0.416 e. The number of rotatable bonds is 5. The summed E-state index contributed by atoms with van der Waals surface area (Å²) in [6.07, 6.45) is -1.43. The van der Waals surface area contributed by atoms with Gasteiger partial charge in [0.15, 0.2) is 0 Å². The molecule has 3 heterocycles. The summed E-state index contributed by atoms with van der Waals surface area (Å²) in [6.45, 7) is 11.0. The minimum absolute atomic E-state index is 0.0163. The van der Waals surface area contributed by atoms with E-state index in [9.17, 15) is 22.8 Å². The Balaban J connectivity index is 1.36. The zero-order chi connectivity index (χ0) is 32.2. The van der Waals surface area contributed by atoms with Crippen molar-refractivity contribution in [1.82, 2.24) is 14.7 Å². The highest BCUT2D eigenvalue weighted by atomic mass is 19.4. The lowest BCUT2D eigenvalue weighted by molar-refractivity contribution is -0.137. The Labute approximate surface area is 255 Å². The van der Waals surface area contributed by atoms with Crippen molar-refractivity contribution in [3.63, 3.8) is 0 Å². The molecule has 1 aromatic carbocycles. The molecule has 1 spiro atoms. The number of alkyl halides is 3. The number of primary amides is 1. The molecule has 12 heteroatoms. The number of nitrogens with two attached hydrogens (primary N) is 2. The summed E-state index contributed by atoms with van der Waals surface area (Å²) in [5, 5.41) is 4.59. The van der Waals surface area contributed by atoms with Gasteiger partial charge in [0.1, 0.15) is 5.60 Å². The van der Waals surface area contributed by atoms with E-state index >= 15 is 0 Å². The first kappa shape index (κ1) is 31.6. The van der Waals surface area contributed by atoms with Gasteiger partial charge in [-0.1, -0.05) is 12.1 Å². The number of aromatic nitrogens is 2. The fourth-order valence-electron chi connectivity index (χ4n) is 7.13. The summed E-state index contributed by atoms with van der Waals surface area (Å²) in [5.74, 6) is -0.549. The van der Waals surface area contributed by atoms with Crippen molar-refractivity contribution >= 4 is 17.7 Å². The molecule has 2 amide bonds. The number of ether oxygens (including phenoxy) is 1. The number of nitrogens with zero attached hydrogens (tertiary/aromatic N) is 4. The second-order valence-electron chi connectivity index (χ2n) is 13.5. The quantitative estimate of drug-likeness (QED) is 0.484. The number of amides is 2. The van der Waals surface area contributed by atoms with Crippen LogP contribution in [0.1, 0.15) is 74.5 Å². The van der Waals surface area contributed by atoms with Crippen LogP contribution in [-0.2, 0) is 22.3 Å². The number of hydrogen-bond acceptors (Lipinski definition) is 6. The first-order chi connectivity index (χ1) is 20.5. The number of aliphatic imine (C=N–C) groups is 1. The molecule has 1 saturated carbocycles. The van der Waals surface area contributed by atoms with E-state index in [2.05, 4.69) is 5.10 Å². The van der Waals surface area contributed by atoms with E-state index < -0.39 is 23.2 Å². The summed E-state index contributed by atoms with van der Waals surface area (Å²) in [6, 6.07) is 5.14. The monoisotopic (exact) mass is 614 g/mol. The van der Waals surface area contributed by atoms with E-state index in [1.807, 2.05) is 20.8 Å². The van der Waals surface area contributed by atoms with Crippen LogP contribution in [0.15, 0.2) is 40.5 Å². The summed E-state index contributed by atoms with van der Waals surface area (Å²) < 4.78 is 47.0. The number of aryl methyl sites for hydroxylation is 1. The number of halogens is 3. The number of carbonyl (C=O) groups is 2. The number of allylic oxidation sites excluding steroid dienone is 1. The zero-order valence-corrected chi connectivity index (χ0v) is 25.9. The van der Waals surface area contributed by atoms with Crippen molar-refractivity contribution in [2.75, 3.05) is 19.6 Å². The molecule has 44 heavy (non-hydrogen) atoms. The lowest BCUT2D eigenvalue weighted by Crippen LogP contribution is -2.45. The number of benzene rings is 1. The van der Waals surface area contributed by atoms with E-state index in [-0.39, 0.29) is 35.5 Å². The summed E-state index contributed by atoms with van der Waals surface area (Å²) in [7, 11) is 0. The first-order valence-electron chi connectivity index (χ1n) is 15.0. The summed E-state index contributed by atoms with van der Waals surface area (Å²) in [5.41, 5.74) is 14.7. The lowest BCUT2D eigenvalue weighted by Gasteiger charge is -2.48. The third-order valence-corrected chi connectivity index (χ3v) is 9.14. The van der Waals surface area contributed by atoms with Gasteiger partial charge in [-0.15, -0.1) is 0 Å². The summed E-state index contributed by atoms with van der Waals surface area (Å²) in [4.78, 5) is 32.1. The van der Waals surface area contributed by atoms with Gasteiger partial charge in [-0.2, -0.15) is 18.3 Å². The zero-order valence-electron chi connectivity index (χ0n) is 25.9. The molecule has 1 aromatic heterocycles. The minimum atomic E-state index is -4.45. The molecule has 4 N–H and O–H groups in total. The van der Waals surface area contributed by atoms with Crippen LogP contribution < -0.4 is 11.5 Å². The van der Waals surface area contributed by atoms with Crippen molar-refractivity contribution in [2.45, 2.75) is 78.6 Å². The van der Waals surface area contributed by atoms with Crippen LogP contribution in [0, 0.1) is 31.1 Å². The van der Waals surface area contributed by atoms with Gasteiger partial charge >= 0.3 is 12.3 Å². The molecular weight excluding hydrogens is 573 g/mol. The molecule has 1 saturated heterocycles. The van der Waals surface area contributed by atoms with Gasteiger partial charge in [0.2, 0.25) is 0 Å². The Morgan fingerprint density at radius 3 is 2.50 bits per heavy atom. The standard InChI is InChI=1S/C32H41F3N6O3/c1-18-24(19(2)41(39-18)16-20-7-6-8-22(13-20)32(33,34)35)27-25(28(37)42)26(36)23(9-11-38-27)21-14-31(15-21)10-12-40(17-31)29(43)44-30(3,4)5/h6-8,13,21,23H,9-12,14-17,36H2,1-5H3,(H2,37,42). The van der Waals surface area contributed by atoms with Crippen molar-refractivity contribution < 1.29 is 27.5 Å². The van der Waals surface area contributed by atoms with Crippen LogP contribution in [-0.4, -0.2) is 57.6 Å². The van der Waals surface area contributed by atoms with E-state index in [4.69, 9.17) is 21.2 Å². The predicted molar refractivity (Wildman–Crippen MR) is 160 cm³/mol. The maximum Gasteiger partial charge on any atom is 0.416 e. The molecule has 238 valence electrons. The Morgan fingerprint density at radius 1 is 1.16 bits per heavy atom. The number of carbonyl (C=O) groups excluding carboxylic acids is 2. The molecule has 0 bridgehead atoms. The van der Waals surface area contributed by atoms with Crippen LogP contribution >= 0.6 is 0 Å². The second-order valence-corrected chi connectivity index (χ2v) is 13.5. The van der Waals surface area contributed by atoms with Gasteiger partial charge < -0.3 is 21.1 Å². The van der Waals surface area contributed by atoms with Crippen LogP contribution in [0.4, 0.5) is 18.0 Å². The highest BCUT2D eigenvalue weighted by molar-refractivity contribution is 6.29. The topological polar surface area (TPSA) is 129 Å². The average molecular weight is 615 g/mol. The summed E-state index contributed by atoms with van der Waals surface area (Å²) >= 11 is 0. The Hall–Kier alpha value is -3.83. The molecule has 1 unspecified atom stereocenters. The average Bonchev–Trinajstić information content (AvgIpc) is 3.40. The highest BCUT2D eigenvalue weighted by Crippen LogP contribution is 2.56. The SMILES string of the molecule is Cc1nn(Cc2cccc(C(F)(F)F)c2)c(C)c1C1=NCCC(C2CC3(CCN(C(=O)OC(C)(C)C)C3)C2)C(N)=C1C(N)=O. The van der Waals surface area contributed by atoms with Crippen LogP contribution in [0.3, 0.4) is 0 Å². The maximum atomic E-state index is 13.3. The molecule has 0 radical (unpaired) electrons. The molecule has 1 atom stereocenters. The van der Waals surface area contributed by atoms with Crippen molar-refractivity contribution in [1.29, 1.82) is 0 Å². The van der Waals surface area contributed by atoms with Gasteiger partial charge in [-0.3, -0.25) is 14.5 Å². The molecular formula is C32H41F3N6O3. The van der Waals surface area contributed by atoms with Gasteiger partial charge in [-0.05, 0) is 89.3 Å². The number of likely N-dealkylation sites (tertiary alicyclic amines) is 1. The maximum absolute atomic E-state index is 13.3. The number of hydrogen-bond donors (Lipinski definition) is 2. The lowest BCUT2D eigenvalue weighted by atomic mass is 9.56.